The number of nitrogens with zero attached hydrogens (tertiary/aromatic N) is 1. The highest BCUT2D eigenvalue weighted by atomic mass is 35.5. The molecule has 6 nitrogen and oxygen atoms in total. The molecule has 0 unspecified atom stereocenters. The van der Waals surface area contributed by atoms with Gasteiger partial charge in [-0.25, -0.2) is 8.42 Å². The molecule has 1 amide bonds. The second-order valence-corrected chi connectivity index (χ2v) is 7.64. The number of hydrogen-bond acceptors (Lipinski definition) is 4. The second kappa shape index (κ2) is 7.25. The number of rotatable bonds is 4. The molecule has 1 aliphatic rings. The van der Waals surface area contributed by atoms with Crippen LogP contribution >= 0.6 is 11.6 Å². The van der Waals surface area contributed by atoms with Gasteiger partial charge in [0.05, 0.1) is 4.90 Å². The molecule has 0 spiro atoms. The number of amides is 1. The zero-order chi connectivity index (χ0) is 17.9. The third kappa shape index (κ3) is 4.37. The number of nitrogens with one attached hydrogen (secondary N) is 2. The molecule has 130 valence electrons. The van der Waals surface area contributed by atoms with E-state index in [1.165, 1.54) is 12.1 Å². The predicted molar refractivity (Wildman–Crippen MR) is 97.7 cm³/mol. The highest BCUT2D eigenvalue weighted by Crippen LogP contribution is 2.17. The molecular weight excluding hydrogens is 362 g/mol. The van der Waals surface area contributed by atoms with Gasteiger partial charge in [0.25, 0.3) is 15.9 Å². The quantitative estimate of drug-likeness (QED) is 0.858. The first-order valence-corrected chi connectivity index (χ1v) is 9.53. The van der Waals surface area contributed by atoms with Gasteiger partial charge in [-0.05, 0) is 55.0 Å². The monoisotopic (exact) mass is 377 g/mol. The average molecular weight is 378 g/mol. The van der Waals surface area contributed by atoms with Crippen LogP contribution in [-0.2, 0) is 10.0 Å². The number of carbonyl (C=O) groups excluding carboxylic acids is 1. The summed E-state index contributed by atoms with van der Waals surface area (Å²) in [6, 6.07) is 12.4. The van der Waals surface area contributed by atoms with Crippen LogP contribution in [0.1, 0.15) is 23.2 Å². The van der Waals surface area contributed by atoms with Crippen LogP contribution in [0.25, 0.3) is 0 Å². The van der Waals surface area contributed by atoms with Crippen LogP contribution in [0, 0.1) is 0 Å². The van der Waals surface area contributed by atoms with E-state index in [1.54, 1.807) is 36.4 Å². The lowest BCUT2D eigenvalue weighted by atomic mass is 10.2. The van der Waals surface area contributed by atoms with E-state index in [4.69, 9.17) is 11.6 Å². The average Bonchev–Trinajstić information content (AvgIpc) is 3.08. The van der Waals surface area contributed by atoms with Crippen LogP contribution in [0.3, 0.4) is 0 Å². The highest BCUT2D eigenvalue weighted by Gasteiger charge is 2.18. The molecule has 0 atom stereocenters. The van der Waals surface area contributed by atoms with Crippen molar-refractivity contribution in [1.82, 2.24) is 4.72 Å². The minimum Gasteiger partial charge on any atom is -0.322 e. The molecule has 3 rings (SSSR count). The van der Waals surface area contributed by atoms with E-state index < -0.39 is 10.0 Å². The number of sulfonamides is 1. The van der Waals surface area contributed by atoms with Crippen LogP contribution < -0.4 is 10.0 Å². The van der Waals surface area contributed by atoms with E-state index in [-0.39, 0.29) is 10.8 Å². The van der Waals surface area contributed by atoms with Crippen LogP contribution in [-0.4, -0.2) is 26.7 Å². The van der Waals surface area contributed by atoms with E-state index in [1.807, 2.05) is 0 Å². The van der Waals surface area contributed by atoms with Gasteiger partial charge in [-0.2, -0.15) is 0 Å². The summed E-state index contributed by atoms with van der Waals surface area (Å²) in [7, 11) is -3.65. The van der Waals surface area contributed by atoms with Crippen LogP contribution in [0.15, 0.2) is 58.4 Å². The minimum absolute atomic E-state index is 0.117. The van der Waals surface area contributed by atoms with E-state index in [0.717, 1.165) is 6.42 Å². The van der Waals surface area contributed by atoms with Crippen LogP contribution in [0.2, 0.25) is 5.02 Å². The number of benzene rings is 2. The molecule has 0 aromatic heterocycles. The van der Waals surface area contributed by atoms with E-state index in [0.29, 0.717) is 35.1 Å². The number of hydrogen-bond donors (Lipinski definition) is 2. The summed E-state index contributed by atoms with van der Waals surface area (Å²) in [6.45, 7) is 0.646. The lowest BCUT2D eigenvalue weighted by molar-refractivity contribution is 0.102. The van der Waals surface area contributed by atoms with Gasteiger partial charge in [0.15, 0.2) is 0 Å². The van der Waals surface area contributed by atoms with Crippen molar-refractivity contribution in [3.63, 3.8) is 0 Å². The molecule has 0 radical (unpaired) electrons. The van der Waals surface area contributed by atoms with Crippen LogP contribution in [0.5, 0.6) is 0 Å². The minimum atomic E-state index is -3.65. The first-order valence-electron chi connectivity index (χ1n) is 7.67. The summed E-state index contributed by atoms with van der Waals surface area (Å²) >= 11 is 5.79. The van der Waals surface area contributed by atoms with Crippen molar-refractivity contribution in [3.8, 4) is 0 Å². The van der Waals surface area contributed by atoms with Crippen molar-refractivity contribution in [2.75, 3.05) is 11.9 Å². The number of halogens is 1. The molecule has 0 saturated carbocycles. The van der Waals surface area contributed by atoms with Crippen molar-refractivity contribution in [3.05, 3.63) is 59.1 Å². The molecule has 1 aliphatic heterocycles. The van der Waals surface area contributed by atoms with Crippen molar-refractivity contribution in [2.24, 2.45) is 4.99 Å². The zero-order valence-corrected chi connectivity index (χ0v) is 14.8. The van der Waals surface area contributed by atoms with E-state index >= 15 is 0 Å². The Kier molecular flexibility index (Phi) is 5.06. The second-order valence-electron chi connectivity index (χ2n) is 5.52. The van der Waals surface area contributed by atoms with Gasteiger partial charge < -0.3 is 5.32 Å². The number of amidine groups is 1. The Morgan fingerprint density at radius 1 is 1.04 bits per heavy atom. The molecule has 0 aliphatic carbocycles. The van der Waals surface area contributed by atoms with Gasteiger partial charge in [-0.3, -0.25) is 14.5 Å². The molecule has 8 heteroatoms. The maximum atomic E-state index is 12.3. The molecule has 0 saturated heterocycles. The van der Waals surface area contributed by atoms with Gasteiger partial charge in [0, 0.05) is 29.2 Å². The van der Waals surface area contributed by atoms with Crippen molar-refractivity contribution < 1.29 is 13.2 Å². The SMILES string of the molecule is O=C(Nc1ccc(S(=O)(=O)NC2=NCCC2)cc1)c1ccc(Cl)cc1. The maximum Gasteiger partial charge on any atom is 0.262 e. The Balaban J connectivity index is 1.69. The van der Waals surface area contributed by atoms with Crippen molar-refractivity contribution in [2.45, 2.75) is 17.7 Å². The fraction of sp³-hybridized carbons (Fsp3) is 0.176. The summed E-state index contributed by atoms with van der Waals surface area (Å²) in [6.07, 6.45) is 1.49. The highest BCUT2D eigenvalue weighted by molar-refractivity contribution is 7.90. The first kappa shape index (κ1) is 17.4. The number of carbonyl (C=O) groups is 1. The van der Waals surface area contributed by atoms with Crippen molar-refractivity contribution in [1.29, 1.82) is 0 Å². The third-order valence-electron chi connectivity index (χ3n) is 3.66. The molecule has 2 aromatic rings. The Hall–Kier alpha value is -2.38. The first-order chi connectivity index (χ1) is 11.9. The van der Waals surface area contributed by atoms with Gasteiger partial charge in [-0.15, -0.1) is 0 Å². The Bertz CT molecular complexity index is 907. The molecule has 25 heavy (non-hydrogen) atoms. The summed E-state index contributed by atoms with van der Waals surface area (Å²) in [4.78, 5) is 16.4. The third-order valence-corrected chi connectivity index (χ3v) is 5.30. The molecule has 0 fully saturated rings. The van der Waals surface area contributed by atoms with E-state index in [9.17, 15) is 13.2 Å². The van der Waals surface area contributed by atoms with Crippen molar-refractivity contribution >= 4 is 39.1 Å². The largest absolute Gasteiger partial charge is 0.322 e. The smallest absolute Gasteiger partial charge is 0.262 e. The predicted octanol–water partition coefficient (Wildman–Crippen LogP) is 3.06. The fourth-order valence-electron chi connectivity index (χ4n) is 2.36. The fourth-order valence-corrected chi connectivity index (χ4v) is 3.57. The number of aliphatic imine (C=N–C) groups is 1. The Morgan fingerprint density at radius 2 is 1.72 bits per heavy atom. The van der Waals surface area contributed by atoms with Crippen LogP contribution in [0.4, 0.5) is 5.69 Å². The lowest BCUT2D eigenvalue weighted by Crippen LogP contribution is -2.29. The zero-order valence-electron chi connectivity index (χ0n) is 13.2. The lowest BCUT2D eigenvalue weighted by Gasteiger charge is -2.09. The van der Waals surface area contributed by atoms with Gasteiger partial charge in [-0.1, -0.05) is 11.6 Å². The Labute approximate surface area is 151 Å². The summed E-state index contributed by atoms with van der Waals surface area (Å²) < 4.78 is 27.1. The van der Waals surface area contributed by atoms with E-state index in [2.05, 4.69) is 15.0 Å². The summed E-state index contributed by atoms with van der Waals surface area (Å²) in [5.74, 6) is 0.186. The standard InChI is InChI=1S/C17H16ClN3O3S/c18-13-5-3-12(4-6-13)17(22)20-14-7-9-15(10-8-14)25(23,24)21-16-2-1-11-19-16/h3-10H,1-2,11H2,(H,19,21)(H,20,22). The molecular formula is C17H16ClN3O3S. The molecule has 0 bridgehead atoms. The summed E-state index contributed by atoms with van der Waals surface area (Å²) in [5, 5.41) is 3.26. The molecule has 1 heterocycles. The molecule has 2 N–H and O–H groups in total. The van der Waals surface area contributed by atoms with Gasteiger partial charge in [0.1, 0.15) is 5.84 Å². The summed E-state index contributed by atoms with van der Waals surface area (Å²) in [5.41, 5.74) is 0.958. The normalized spacial score (nSPS) is 14.0. The van der Waals surface area contributed by atoms with Gasteiger partial charge >= 0.3 is 0 Å². The topological polar surface area (TPSA) is 87.6 Å². The molecule has 2 aromatic carbocycles. The number of anilines is 1. The maximum absolute atomic E-state index is 12.3. The van der Waals surface area contributed by atoms with Gasteiger partial charge in [0.2, 0.25) is 0 Å². The Morgan fingerprint density at radius 3 is 2.32 bits per heavy atom.